The van der Waals surface area contributed by atoms with Gasteiger partial charge in [-0.3, -0.25) is 4.90 Å². The fourth-order valence-corrected chi connectivity index (χ4v) is 5.01. The molecule has 1 aromatic carbocycles. The van der Waals surface area contributed by atoms with E-state index in [2.05, 4.69) is 34.4 Å². The summed E-state index contributed by atoms with van der Waals surface area (Å²) in [5.74, 6) is 0. The fraction of sp³-hybridized carbons (Fsp3) is 0.583. The SMILES string of the molecule is CC(C)N1CCN(C(=O)N[C@@H]2CCC[C@H](Nc3cc(C(F)(F)F)nc4ccc(Cl)cc34)C2)CC1. The molecule has 186 valence electrons. The molecule has 2 aromatic rings. The lowest BCUT2D eigenvalue weighted by molar-refractivity contribution is -0.140. The van der Waals surface area contributed by atoms with Crippen LogP contribution < -0.4 is 10.6 Å². The Kier molecular flexibility index (Phi) is 7.42. The maximum Gasteiger partial charge on any atom is 0.433 e. The molecule has 2 N–H and O–H groups in total. The molecule has 0 unspecified atom stereocenters. The Bertz CT molecular complexity index is 1020. The molecule has 6 nitrogen and oxygen atoms in total. The molecule has 0 bridgehead atoms. The van der Waals surface area contributed by atoms with Crippen molar-refractivity contribution in [3.63, 3.8) is 0 Å². The molecule has 1 saturated carbocycles. The molecular weight excluding hydrogens is 467 g/mol. The molecule has 34 heavy (non-hydrogen) atoms. The van der Waals surface area contributed by atoms with Gasteiger partial charge in [0.2, 0.25) is 0 Å². The predicted molar refractivity (Wildman–Crippen MR) is 128 cm³/mol. The van der Waals surface area contributed by atoms with Gasteiger partial charge in [-0.05, 0) is 63.8 Å². The maximum absolute atomic E-state index is 13.4. The number of halogens is 4. The molecule has 0 spiro atoms. The van der Waals surface area contributed by atoms with E-state index in [1.807, 2.05) is 4.90 Å². The molecule has 1 aromatic heterocycles. The summed E-state index contributed by atoms with van der Waals surface area (Å²) in [5.41, 5.74) is -0.337. The van der Waals surface area contributed by atoms with Crippen molar-refractivity contribution in [3.05, 3.63) is 35.0 Å². The lowest BCUT2D eigenvalue weighted by Crippen LogP contribution is -2.55. The Balaban J connectivity index is 1.43. The third-order valence-electron chi connectivity index (χ3n) is 6.75. The number of pyridine rings is 1. The smallest absolute Gasteiger partial charge is 0.382 e. The first kappa shape index (κ1) is 24.9. The standard InChI is InChI=1S/C24H31ClF3N5O/c1-15(2)32-8-10-33(11-9-32)23(34)30-18-5-3-4-17(13-18)29-21-14-22(24(26,27)28)31-20-7-6-16(25)12-19(20)21/h6-7,12,14-15,17-18H,3-5,8-11,13H2,1-2H3,(H,29,31)(H,30,34)/t17-,18+/m0/s1. The van der Waals surface area contributed by atoms with Gasteiger partial charge in [0.1, 0.15) is 5.69 Å². The molecule has 0 radical (unpaired) electrons. The minimum atomic E-state index is -4.55. The van der Waals surface area contributed by atoms with E-state index in [9.17, 15) is 18.0 Å². The van der Waals surface area contributed by atoms with E-state index in [-0.39, 0.29) is 23.6 Å². The number of alkyl halides is 3. The Labute approximate surface area is 202 Å². The number of nitrogens with zero attached hydrogens (tertiary/aromatic N) is 3. The van der Waals surface area contributed by atoms with Gasteiger partial charge in [-0.2, -0.15) is 13.2 Å². The van der Waals surface area contributed by atoms with Crippen LogP contribution in [0.1, 0.15) is 45.2 Å². The number of carbonyl (C=O) groups is 1. The van der Waals surface area contributed by atoms with Crippen LogP contribution in [0.4, 0.5) is 23.7 Å². The van der Waals surface area contributed by atoms with E-state index < -0.39 is 11.9 Å². The van der Waals surface area contributed by atoms with E-state index >= 15 is 0 Å². The lowest BCUT2D eigenvalue weighted by atomic mass is 9.90. The largest absolute Gasteiger partial charge is 0.433 e. The number of aromatic nitrogens is 1. The van der Waals surface area contributed by atoms with Crippen molar-refractivity contribution in [2.24, 2.45) is 0 Å². The highest BCUT2D eigenvalue weighted by Gasteiger charge is 2.34. The van der Waals surface area contributed by atoms with Crippen molar-refractivity contribution < 1.29 is 18.0 Å². The molecule has 2 fully saturated rings. The highest BCUT2D eigenvalue weighted by atomic mass is 35.5. The number of hydrogen-bond acceptors (Lipinski definition) is 4. The fourth-order valence-electron chi connectivity index (χ4n) is 4.84. The van der Waals surface area contributed by atoms with E-state index in [1.54, 1.807) is 6.07 Å². The summed E-state index contributed by atoms with van der Waals surface area (Å²) in [6.45, 7) is 7.42. The first-order valence-electron chi connectivity index (χ1n) is 11.8. The van der Waals surface area contributed by atoms with Crippen LogP contribution >= 0.6 is 11.6 Å². The number of fused-ring (bicyclic) bond motifs is 1. The van der Waals surface area contributed by atoms with Gasteiger partial charge in [0.25, 0.3) is 0 Å². The van der Waals surface area contributed by atoms with Gasteiger partial charge in [-0.25, -0.2) is 9.78 Å². The Morgan fingerprint density at radius 1 is 1.12 bits per heavy atom. The Morgan fingerprint density at radius 2 is 1.82 bits per heavy atom. The molecule has 1 aliphatic carbocycles. The number of carbonyl (C=O) groups excluding carboxylic acids is 1. The summed E-state index contributed by atoms with van der Waals surface area (Å²) in [6.07, 6.45) is -1.37. The number of rotatable bonds is 4. The average Bonchev–Trinajstić information content (AvgIpc) is 2.79. The van der Waals surface area contributed by atoms with Crippen LogP contribution in [0.15, 0.2) is 24.3 Å². The second-order valence-corrected chi connectivity index (χ2v) is 9.92. The van der Waals surface area contributed by atoms with Gasteiger partial charge in [-0.15, -0.1) is 0 Å². The third kappa shape index (κ3) is 5.86. The molecule has 2 heterocycles. The normalized spacial score (nSPS) is 22.3. The van der Waals surface area contributed by atoms with Gasteiger partial charge < -0.3 is 15.5 Å². The Morgan fingerprint density at radius 3 is 2.50 bits per heavy atom. The van der Waals surface area contributed by atoms with Crippen LogP contribution in [0.25, 0.3) is 10.9 Å². The molecule has 2 aliphatic rings. The molecule has 2 atom stereocenters. The van der Waals surface area contributed by atoms with Crippen LogP contribution in [-0.4, -0.2) is 65.1 Å². The number of amides is 2. The molecule has 2 amide bonds. The van der Waals surface area contributed by atoms with Gasteiger partial charge in [-0.1, -0.05) is 11.6 Å². The van der Waals surface area contributed by atoms with Gasteiger partial charge in [0.15, 0.2) is 0 Å². The van der Waals surface area contributed by atoms with Crippen molar-refractivity contribution >= 4 is 34.2 Å². The number of urea groups is 1. The topological polar surface area (TPSA) is 60.5 Å². The zero-order chi connectivity index (χ0) is 24.5. The lowest BCUT2D eigenvalue weighted by Gasteiger charge is -2.38. The van der Waals surface area contributed by atoms with E-state index in [4.69, 9.17) is 11.6 Å². The number of nitrogens with one attached hydrogen (secondary N) is 2. The van der Waals surface area contributed by atoms with E-state index in [1.165, 1.54) is 12.1 Å². The second kappa shape index (κ2) is 10.2. The summed E-state index contributed by atoms with van der Waals surface area (Å²) in [4.78, 5) is 20.8. The van der Waals surface area contributed by atoms with Gasteiger partial charge in [0.05, 0.1) is 5.52 Å². The second-order valence-electron chi connectivity index (χ2n) is 9.49. The monoisotopic (exact) mass is 497 g/mol. The highest BCUT2D eigenvalue weighted by Crippen LogP contribution is 2.35. The zero-order valence-electron chi connectivity index (χ0n) is 19.5. The Hall–Kier alpha value is -2.26. The first-order chi connectivity index (χ1) is 16.1. The number of anilines is 1. The minimum Gasteiger partial charge on any atom is -0.382 e. The minimum absolute atomic E-state index is 0.0272. The summed E-state index contributed by atoms with van der Waals surface area (Å²) in [5, 5.41) is 7.42. The maximum atomic E-state index is 13.4. The molecule has 4 rings (SSSR count). The molecule has 1 aliphatic heterocycles. The molecule has 10 heteroatoms. The van der Waals surface area contributed by atoms with Crippen molar-refractivity contribution in [1.29, 1.82) is 0 Å². The summed E-state index contributed by atoms with van der Waals surface area (Å²) >= 11 is 6.11. The summed E-state index contributed by atoms with van der Waals surface area (Å²) in [7, 11) is 0. The van der Waals surface area contributed by atoms with Crippen LogP contribution in [0.3, 0.4) is 0 Å². The van der Waals surface area contributed by atoms with Crippen molar-refractivity contribution in [2.75, 3.05) is 31.5 Å². The van der Waals surface area contributed by atoms with E-state index in [0.717, 1.165) is 38.4 Å². The number of piperazine rings is 1. The van der Waals surface area contributed by atoms with Crippen LogP contribution in [0.5, 0.6) is 0 Å². The zero-order valence-corrected chi connectivity index (χ0v) is 20.2. The van der Waals surface area contributed by atoms with E-state index in [0.29, 0.717) is 41.6 Å². The van der Waals surface area contributed by atoms with Crippen molar-refractivity contribution in [1.82, 2.24) is 20.1 Å². The van der Waals surface area contributed by atoms with Gasteiger partial charge in [0, 0.05) is 60.4 Å². The van der Waals surface area contributed by atoms with Crippen molar-refractivity contribution in [2.45, 2.75) is 63.8 Å². The van der Waals surface area contributed by atoms with Crippen LogP contribution in [0, 0.1) is 0 Å². The van der Waals surface area contributed by atoms with Gasteiger partial charge >= 0.3 is 12.2 Å². The number of benzene rings is 1. The average molecular weight is 498 g/mol. The predicted octanol–water partition coefficient (Wildman–Crippen LogP) is 5.37. The first-order valence-corrected chi connectivity index (χ1v) is 12.2. The highest BCUT2D eigenvalue weighted by molar-refractivity contribution is 6.31. The quantitative estimate of drug-likeness (QED) is 0.596. The molecule has 1 saturated heterocycles. The van der Waals surface area contributed by atoms with Crippen LogP contribution in [-0.2, 0) is 6.18 Å². The van der Waals surface area contributed by atoms with Crippen molar-refractivity contribution in [3.8, 4) is 0 Å². The number of hydrogen-bond donors (Lipinski definition) is 2. The molecular formula is C24H31ClF3N5O. The van der Waals surface area contributed by atoms with Crippen LogP contribution in [0.2, 0.25) is 5.02 Å². The summed E-state index contributed by atoms with van der Waals surface area (Å²) in [6, 6.07) is 6.03. The summed E-state index contributed by atoms with van der Waals surface area (Å²) < 4.78 is 40.3. The third-order valence-corrected chi connectivity index (χ3v) is 6.99.